The van der Waals surface area contributed by atoms with Gasteiger partial charge in [0.25, 0.3) is 5.91 Å². The SMILES string of the molecule is CC(=O)NC(C(=O)N1CC(=O)C2C1CCN2C(=O)CC(C)CCNC(=O)c1ccc(-c2cccs2)cc1)C(C)C. The van der Waals surface area contributed by atoms with Crippen molar-refractivity contribution in [2.24, 2.45) is 11.8 Å². The molecule has 2 fully saturated rings. The predicted molar refractivity (Wildman–Crippen MR) is 154 cm³/mol. The maximum Gasteiger partial charge on any atom is 0.251 e. The van der Waals surface area contributed by atoms with Crippen molar-refractivity contribution in [3.63, 3.8) is 0 Å². The van der Waals surface area contributed by atoms with Crippen LogP contribution in [0.2, 0.25) is 0 Å². The van der Waals surface area contributed by atoms with Crippen molar-refractivity contribution in [2.45, 2.75) is 65.1 Å². The number of ketones is 1. The average Bonchev–Trinajstić information content (AvgIpc) is 3.66. The molecule has 1 aromatic heterocycles. The monoisotopic (exact) mass is 566 g/mol. The van der Waals surface area contributed by atoms with Crippen molar-refractivity contribution < 1.29 is 24.0 Å². The van der Waals surface area contributed by atoms with Gasteiger partial charge in [0.1, 0.15) is 12.1 Å². The van der Waals surface area contributed by atoms with Gasteiger partial charge in [-0.3, -0.25) is 24.0 Å². The number of carbonyl (C=O) groups is 5. The summed E-state index contributed by atoms with van der Waals surface area (Å²) in [4.78, 5) is 67.9. The molecule has 0 saturated carbocycles. The highest BCUT2D eigenvalue weighted by molar-refractivity contribution is 7.13. The van der Waals surface area contributed by atoms with Crippen LogP contribution in [0, 0.1) is 11.8 Å². The van der Waals surface area contributed by atoms with Crippen molar-refractivity contribution in [1.82, 2.24) is 20.4 Å². The number of Topliss-reactive ketones (excluding diaryl/α,β-unsaturated/α-hetero) is 1. The van der Waals surface area contributed by atoms with E-state index in [0.29, 0.717) is 31.5 Å². The Morgan fingerprint density at radius 1 is 1.05 bits per heavy atom. The highest BCUT2D eigenvalue weighted by Gasteiger charge is 2.52. The van der Waals surface area contributed by atoms with Crippen LogP contribution in [0.15, 0.2) is 41.8 Å². The summed E-state index contributed by atoms with van der Waals surface area (Å²) in [5.74, 6) is -1.09. The van der Waals surface area contributed by atoms with Crippen LogP contribution in [0.4, 0.5) is 0 Å². The molecule has 4 amide bonds. The molecule has 9 nitrogen and oxygen atoms in total. The number of hydrogen-bond donors (Lipinski definition) is 2. The van der Waals surface area contributed by atoms with Crippen LogP contribution < -0.4 is 10.6 Å². The molecule has 2 aliphatic rings. The second kappa shape index (κ2) is 12.8. The van der Waals surface area contributed by atoms with Crippen LogP contribution in [0.5, 0.6) is 0 Å². The Morgan fingerprint density at radius 3 is 2.40 bits per heavy atom. The molecule has 40 heavy (non-hydrogen) atoms. The lowest BCUT2D eigenvalue weighted by atomic mass is 10.0. The van der Waals surface area contributed by atoms with Crippen LogP contribution >= 0.6 is 11.3 Å². The van der Waals surface area contributed by atoms with Crippen LogP contribution in [0.25, 0.3) is 10.4 Å². The molecule has 0 aliphatic carbocycles. The first-order chi connectivity index (χ1) is 19.1. The Hall–Kier alpha value is -3.53. The van der Waals surface area contributed by atoms with Crippen molar-refractivity contribution in [2.75, 3.05) is 19.6 Å². The molecule has 0 spiro atoms. The van der Waals surface area contributed by atoms with Gasteiger partial charge in [-0.1, -0.05) is 39.0 Å². The lowest BCUT2D eigenvalue weighted by Crippen LogP contribution is -2.52. The summed E-state index contributed by atoms with van der Waals surface area (Å²) in [6.07, 6.45) is 1.42. The maximum absolute atomic E-state index is 13.2. The third-order valence-electron chi connectivity index (χ3n) is 7.72. The van der Waals surface area contributed by atoms with Gasteiger partial charge in [-0.25, -0.2) is 0 Å². The quantitative estimate of drug-likeness (QED) is 0.459. The summed E-state index contributed by atoms with van der Waals surface area (Å²) < 4.78 is 0. The topological polar surface area (TPSA) is 116 Å². The smallest absolute Gasteiger partial charge is 0.251 e. The fraction of sp³-hybridized carbons (Fsp3) is 0.500. The number of benzene rings is 1. The molecule has 2 N–H and O–H groups in total. The molecular formula is C30H38N4O5S. The van der Waals surface area contributed by atoms with Gasteiger partial charge in [-0.05, 0) is 53.8 Å². The summed E-state index contributed by atoms with van der Waals surface area (Å²) >= 11 is 1.65. The molecule has 4 unspecified atom stereocenters. The van der Waals surface area contributed by atoms with E-state index in [1.54, 1.807) is 21.1 Å². The number of rotatable bonds is 10. The van der Waals surface area contributed by atoms with Gasteiger partial charge in [-0.15, -0.1) is 11.3 Å². The first kappa shape index (κ1) is 29.5. The van der Waals surface area contributed by atoms with E-state index in [9.17, 15) is 24.0 Å². The molecule has 3 heterocycles. The number of likely N-dealkylation sites (tertiary alicyclic amines) is 2. The predicted octanol–water partition coefficient (Wildman–Crippen LogP) is 3.10. The van der Waals surface area contributed by atoms with E-state index in [1.165, 1.54) is 6.92 Å². The summed E-state index contributed by atoms with van der Waals surface area (Å²) in [6, 6.07) is 9.84. The molecular weight excluding hydrogens is 528 g/mol. The normalized spacial score (nSPS) is 19.9. The first-order valence-electron chi connectivity index (χ1n) is 13.9. The zero-order chi connectivity index (χ0) is 29.0. The van der Waals surface area contributed by atoms with Crippen molar-refractivity contribution in [3.05, 3.63) is 47.3 Å². The summed E-state index contributed by atoms with van der Waals surface area (Å²) in [5, 5.41) is 7.66. The van der Waals surface area contributed by atoms with E-state index in [1.807, 2.05) is 62.5 Å². The lowest BCUT2D eigenvalue weighted by Gasteiger charge is -2.30. The Morgan fingerprint density at radius 2 is 1.77 bits per heavy atom. The lowest BCUT2D eigenvalue weighted by molar-refractivity contribution is -0.138. The van der Waals surface area contributed by atoms with Crippen LogP contribution in [0.3, 0.4) is 0 Å². The van der Waals surface area contributed by atoms with Crippen molar-refractivity contribution in [3.8, 4) is 10.4 Å². The zero-order valence-corrected chi connectivity index (χ0v) is 24.3. The van der Waals surface area contributed by atoms with Gasteiger partial charge in [0, 0.05) is 36.9 Å². The number of carbonyl (C=O) groups excluding carboxylic acids is 5. The average molecular weight is 567 g/mol. The molecule has 0 bridgehead atoms. The van der Waals surface area contributed by atoms with E-state index >= 15 is 0 Å². The minimum absolute atomic E-state index is 0.00684. The van der Waals surface area contributed by atoms with Gasteiger partial charge in [0.2, 0.25) is 17.7 Å². The second-order valence-electron chi connectivity index (χ2n) is 11.2. The first-order valence-corrected chi connectivity index (χ1v) is 14.8. The molecule has 4 atom stereocenters. The highest BCUT2D eigenvalue weighted by Crippen LogP contribution is 2.32. The fourth-order valence-corrected chi connectivity index (χ4v) is 6.32. The fourth-order valence-electron chi connectivity index (χ4n) is 5.58. The zero-order valence-electron chi connectivity index (χ0n) is 23.5. The third-order valence-corrected chi connectivity index (χ3v) is 8.63. The summed E-state index contributed by atoms with van der Waals surface area (Å²) in [6.45, 7) is 7.84. The number of fused-ring (bicyclic) bond motifs is 1. The van der Waals surface area contributed by atoms with Gasteiger partial charge >= 0.3 is 0 Å². The second-order valence-corrected chi connectivity index (χ2v) is 12.1. The Balaban J connectivity index is 1.26. The Bertz CT molecular complexity index is 1240. The molecule has 0 radical (unpaired) electrons. The molecule has 2 aliphatic heterocycles. The minimum atomic E-state index is -0.706. The number of nitrogens with one attached hydrogen (secondary N) is 2. The van der Waals surface area contributed by atoms with E-state index < -0.39 is 12.1 Å². The van der Waals surface area contributed by atoms with Gasteiger partial charge < -0.3 is 20.4 Å². The van der Waals surface area contributed by atoms with E-state index in [-0.39, 0.29) is 60.3 Å². The van der Waals surface area contributed by atoms with Crippen molar-refractivity contribution >= 4 is 40.7 Å². The van der Waals surface area contributed by atoms with E-state index in [4.69, 9.17) is 0 Å². The van der Waals surface area contributed by atoms with Crippen LogP contribution in [-0.2, 0) is 19.2 Å². The third kappa shape index (κ3) is 6.60. The summed E-state index contributed by atoms with van der Waals surface area (Å²) in [7, 11) is 0. The van der Waals surface area contributed by atoms with E-state index in [2.05, 4.69) is 10.6 Å². The maximum atomic E-state index is 13.2. The van der Waals surface area contributed by atoms with Gasteiger partial charge in [0.05, 0.1) is 12.6 Å². The van der Waals surface area contributed by atoms with Crippen LogP contribution in [-0.4, -0.2) is 77.0 Å². The molecule has 4 rings (SSSR count). The van der Waals surface area contributed by atoms with E-state index in [0.717, 1.165) is 10.4 Å². The molecule has 214 valence electrons. The molecule has 1 aromatic carbocycles. The summed E-state index contributed by atoms with van der Waals surface area (Å²) in [5.41, 5.74) is 1.66. The minimum Gasteiger partial charge on any atom is -0.352 e. The van der Waals surface area contributed by atoms with Gasteiger partial charge in [-0.2, -0.15) is 0 Å². The number of hydrogen-bond acceptors (Lipinski definition) is 6. The van der Waals surface area contributed by atoms with Gasteiger partial charge in [0.15, 0.2) is 5.78 Å². The molecule has 2 aromatic rings. The number of nitrogens with zero attached hydrogens (tertiary/aromatic N) is 2. The molecule has 10 heteroatoms. The number of amides is 4. The number of thiophene rings is 1. The largest absolute Gasteiger partial charge is 0.352 e. The van der Waals surface area contributed by atoms with Crippen molar-refractivity contribution in [1.29, 1.82) is 0 Å². The molecule has 2 saturated heterocycles. The standard InChI is InChI=1S/C30H38N4O5S/c1-18(2)27(32-20(4)35)30(39)34-17-24(36)28-23(34)12-14-33(28)26(37)16-19(3)11-13-31-29(38)22-9-7-21(8-10-22)25-6-5-15-40-25/h5-10,15,18-19,23,27-28H,11-14,16-17H2,1-4H3,(H,31,38)(H,32,35). The Kier molecular flexibility index (Phi) is 9.40. The highest BCUT2D eigenvalue weighted by atomic mass is 32.1. The Labute approximate surface area is 239 Å². The van der Waals surface area contributed by atoms with Crippen LogP contribution in [0.1, 0.15) is 57.3 Å².